The van der Waals surface area contributed by atoms with E-state index in [2.05, 4.69) is 10.3 Å². The van der Waals surface area contributed by atoms with Crippen molar-refractivity contribution in [3.05, 3.63) is 59.3 Å². The summed E-state index contributed by atoms with van der Waals surface area (Å²) in [6.07, 6.45) is 1.65. The lowest BCUT2D eigenvalue weighted by Gasteiger charge is -2.06. The third-order valence-corrected chi connectivity index (χ3v) is 6.26. The summed E-state index contributed by atoms with van der Waals surface area (Å²) in [5.74, 6) is -1.83. The number of fused-ring (bicyclic) bond motifs is 3. The molecule has 0 saturated carbocycles. The molecule has 4 nitrogen and oxygen atoms in total. The Morgan fingerprint density at radius 1 is 0.880 bits per heavy atom. The molecule has 2 N–H and O–H groups in total. The standard InChI is InChI=1S/C18H16F2N2O2S/c19-11-7-12(20)9-14(8-11)25(23,24)13-1-2-17-16(10-13)15-3-5-21-6-4-18(15)22-17/h1-2,7-10,21-22H,3-6H2. The van der Waals surface area contributed by atoms with Crippen molar-refractivity contribution >= 4 is 20.7 Å². The molecule has 3 aromatic rings. The van der Waals surface area contributed by atoms with Crippen LogP contribution in [0.5, 0.6) is 0 Å². The first kappa shape index (κ1) is 16.2. The molecule has 0 radical (unpaired) electrons. The van der Waals surface area contributed by atoms with Gasteiger partial charge >= 0.3 is 0 Å². The maximum absolute atomic E-state index is 13.4. The van der Waals surface area contributed by atoms with E-state index in [0.29, 0.717) is 6.07 Å². The number of aromatic nitrogens is 1. The van der Waals surface area contributed by atoms with Crippen LogP contribution in [-0.4, -0.2) is 26.5 Å². The van der Waals surface area contributed by atoms with Gasteiger partial charge in [0.05, 0.1) is 9.79 Å². The van der Waals surface area contributed by atoms with E-state index in [4.69, 9.17) is 0 Å². The number of hydrogen-bond acceptors (Lipinski definition) is 3. The van der Waals surface area contributed by atoms with E-state index < -0.39 is 21.5 Å². The van der Waals surface area contributed by atoms with Gasteiger partial charge in [-0.15, -0.1) is 0 Å². The number of aromatic amines is 1. The van der Waals surface area contributed by atoms with E-state index in [0.717, 1.165) is 60.2 Å². The zero-order valence-corrected chi connectivity index (χ0v) is 14.1. The van der Waals surface area contributed by atoms with Crippen molar-refractivity contribution in [1.29, 1.82) is 0 Å². The van der Waals surface area contributed by atoms with Crippen LogP contribution in [0.3, 0.4) is 0 Å². The van der Waals surface area contributed by atoms with Gasteiger partial charge in [0.1, 0.15) is 11.6 Å². The molecule has 0 unspecified atom stereocenters. The van der Waals surface area contributed by atoms with Crippen LogP contribution in [0.1, 0.15) is 11.3 Å². The second kappa shape index (κ2) is 5.93. The average Bonchev–Trinajstić information content (AvgIpc) is 2.74. The summed E-state index contributed by atoms with van der Waals surface area (Å²) in [6, 6.07) is 7.10. The Balaban J connectivity index is 1.87. The first-order valence-corrected chi connectivity index (χ1v) is 9.49. The summed E-state index contributed by atoms with van der Waals surface area (Å²) in [5.41, 5.74) is 3.07. The van der Waals surface area contributed by atoms with Gasteiger partial charge in [-0.1, -0.05) is 0 Å². The van der Waals surface area contributed by atoms with Crippen molar-refractivity contribution in [2.24, 2.45) is 0 Å². The number of H-pyrrole nitrogens is 1. The highest BCUT2D eigenvalue weighted by molar-refractivity contribution is 7.91. The first-order chi connectivity index (χ1) is 11.9. The molecule has 0 atom stereocenters. The number of benzene rings is 2. The van der Waals surface area contributed by atoms with E-state index in [-0.39, 0.29) is 9.79 Å². The second-order valence-electron chi connectivity index (χ2n) is 6.15. The molecule has 0 amide bonds. The van der Waals surface area contributed by atoms with Crippen LogP contribution in [0, 0.1) is 11.6 Å². The predicted molar refractivity (Wildman–Crippen MR) is 90.4 cm³/mol. The maximum Gasteiger partial charge on any atom is 0.206 e. The van der Waals surface area contributed by atoms with Crippen LogP contribution in [0.4, 0.5) is 8.78 Å². The van der Waals surface area contributed by atoms with Crippen molar-refractivity contribution in [2.75, 3.05) is 13.1 Å². The minimum absolute atomic E-state index is 0.0315. The third kappa shape index (κ3) is 2.83. The highest BCUT2D eigenvalue weighted by Gasteiger charge is 2.22. The fourth-order valence-corrected chi connectivity index (χ4v) is 4.65. The fraction of sp³-hybridized carbons (Fsp3) is 0.222. The van der Waals surface area contributed by atoms with Crippen molar-refractivity contribution < 1.29 is 17.2 Å². The molecular weight excluding hydrogens is 346 g/mol. The molecular formula is C18H16F2N2O2S. The highest BCUT2D eigenvalue weighted by atomic mass is 32.2. The van der Waals surface area contributed by atoms with Crippen LogP contribution in [0.15, 0.2) is 46.2 Å². The van der Waals surface area contributed by atoms with Crippen molar-refractivity contribution in [1.82, 2.24) is 10.3 Å². The van der Waals surface area contributed by atoms with Gasteiger partial charge in [-0.25, -0.2) is 17.2 Å². The Kier molecular flexibility index (Phi) is 3.85. The highest BCUT2D eigenvalue weighted by Crippen LogP contribution is 2.30. The van der Waals surface area contributed by atoms with Crippen LogP contribution in [0.2, 0.25) is 0 Å². The third-order valence-electron chi connectivity index (χ3n) is 4.53. The van der Waals surface area contributed by atoms with E-state index in [9.17, 15) is 17.2 Å². The Labute approximate surface area is 143 Å². The number of rotatable bonds is 2. The first-order valence-electron chi connectivity index (χ1n) is 8.00. The van der Waals surface area contributed by atoms with Gasteiger partial charge in [0.15, 0.2) is 0 Å². The minimum atomic E-state index is -4.00. The number of halogens is 2. The van der Waals surface area contributed by atoms with E-state index in [1.54, 1.807) is 12.1 Å². The molecule has 1 aliphatic heterocycles. The molecule has 2 heterocycles. The molecule has 4 rings (SSSR count). The topological polar surface area (TPSA) is 62.0 Å². The summed E-state index contributed by atoms with van der Waals surface area (Å²) in [4.78, 5) is 2.99. The lowest BCUT2D eigenvalue weighted by molar-refractivity contribution is 0.567. The normalized spacial score (nSPS) is 15.1. The van der Waals surface area contributed by atoms with Crippen molar-refractivity contribution in [3.8, 4) is 0 Å². The molecule has 0 saturated heterocycles. The lowest BCUT2D eigenvalue weighted by atomic mass is 10.1. The van der Waals surface area contributed by atoms with Gasteiger partial charge in [0.2, 0.25) is 9.84 Å². The molecule has 0 bridgehead atoms. The Morgan fingerprint density at radius 3 is 2.36 bits per heavy atom. The second-order valence-corrected chi connectivity index (χ2v) is 8.10. The van der Waals surface area contributed by atoms with Crippen molar-refractivity contribution in [2.45, 2.75) is 22.6 Å². The zero-order valence-electron chi connectivity index (χ0n) is 13.3. The van der Waals surface area contributed by atoms with Gasteiger partial charge in [-0.05, 0) is 48.9 Å². The van der Waals surface area contributed by atoms with E-state index in [1.165, 1.54) is 6.07 Å². The molecule has 130 valence electrons. The van der Waals surface area contributed by atoms with E-state index in [1.807, 2.05) is 0 Å². The maximum atomic E-state index is 13.4. The van der Waals surface area contributed by atoms with Gasteiger partial charge < -0.3 is 10.3 Å². The van der Waals surface area contributed by atoms with Gasteiger partial charge in [-0.3, -0.25) is 0 Å². The molecule has 2 aromatic carbocycles. The molecule has 0 aliphatic carbocycles. The van der Waals surface area contributed by atoms with Crippen LogP contribution in [-0.2, 0) is 22.7 Å². The van der Waals surface area contributed by atoms with Gasteiger partial charge in [-0.2, -0.15) is 0 Å². The van der Waals surface area contributed by atoms with Gasteiger partial charge in [0.25, 0.3) is 0 Å². The van der Waals surface area contributed by atoms with Crippen LogP contribution in [0.25, 0.3) is 10.9 Å². The monoisotopic (exact) mass is 362 g/mol. The number of sulfone groups is 1. The lowest BCUT2D eigenvalue weighted by Crippen LogP contribution is -2.16. The van der Waals surface area contributed by atoms with E-state index >= 15 is 0 Å². The summed E-state index contributed by atoms with van der Waals surface area (Å²) in [7, 11) is -4.00. The number of nitrogens with one attached hydrogen (secondary N) is 2. The van der Waals surface area contributed by atoms with Crippen LogP contribution >= 0.6 is 0 Å². The Morgan fingerprint density at radius 2 is 1.60 bits per heavy atom. The SMILES string of the molecule is O=S(=O)(c1cc(F)cc(F)c1)c1ccc2[nH]c3c(c2c1)CCNCC3. The fourth-order valence-electron chi connectivity index (χ4n) is 3.32. The molecule has 1 aliphatic rings. The molecule has 25 heavy (non-hydrogen) atoms. The molecule has 7 heteroatoms. The molecule has 0 spiro atoms. The molecule has 1 aromatic heterocycles. The zero-order chi connectivity index (χ0) is 17.6. The predicted octanol–water partition coefficient (Wildman–Crippen LogP) is 2.97. The smallest absolute Gasteiger partial charge is 0.206 e. The summed E-state index contributed by atoms with van der Waals surface area (Å²) in [6.45, 7) is 1.69. The summed E-state index contributed by atoms with van der Waals surface area (Å²) in [5, 5.41) is 4.15. The van der Waals surface area contributed by atoms with Crippen molar-refractivity contribution in [3.63, 3.8) is 0 Å². The minimum Gasteiger partial charge on any atom is -0.358 e. The quantitative estimate of drug-likeness (QED) is 0.737. The Hall–Kier alpha value is -2.25. The number of hydrogen-bond donors (Lipinski definition) is 2. The van der Waals surface area contributed by atoms with Crippen LogP contribution < -0.4 is 5.32 Å². The largest absolute Gasteiger partial charge is 0.358 e. The average molecular weight is 362 g/mol. The Bertz CT molecular complexity index is 1050. The summed E-state index contributed by atoms with van der Waals surface area (Å²) >= 11 is 0. The summed E-state index contributed by atoms with van der Waals surface area (Å²) < 4.78 is 52.4. The molecule has 0 fully saturated rings. The van der Waals surface area contributed by atoms with Gasteiger partial charge in [0, 0.05) is 35.6 Å².